The molecule has 0 saturated carbocycles. The molecule has 0 radical (unpaired) electrons. The van der Waals surface area contributed by atoms with Crippen molar-refractivity contribution in [3.8, 4) is 0 Å². The van der Waals surface area contributed by atoms with Gasteiger partial charge in [0, 0.05) is 37.1 Å². The molecule has 0 fully saturated rings. The number of amides is 3. The van der Waals surface area contributed by atoms with E-state index < -0.39 is 5.60 Å². The van der Waals surface area contributed by atoms with Gasteiger partial charge < -0.3 is 25.7 Å². The van der Waals surface area contributed by atoms with Gasteiger partial charge in [0.15, 0.2) is 6.73 Å². The Kier molecular flexibility index (Phi) is 10.8. The van der Waals surface area contributed by atoms with Gasteiger partial charge in [-0.15, -0.1) is 0 Å². The molecule has 0 bridgehead atoms. The Bertz CT molecular complexity index is 1240. The molecule has 0 atom stereocenters. The Morgan fingerprint density at radius 2 is 1.73 bits per heavy atom. The number of carbonyl (C=O) groups excluding carboxylic acids is 3. The van der Waals surface area contributed by atoms with Crippen LogP contribution in [0.25, 0.3) is 11.4 Å². The van der Waals surface area contributed by atoms with Crippen LogP contribution >= 0.6 is 0 Å². The number of carbonyl (C=O) groups is 3. The van der Waals surface area contributed by atoms with Crippen molar-refractivity contribution in [2.24, 2.45) is 11.6 Å². The van der Waals surface area contributed by atoms with Crippen molar-refractivity contribution in [2.45, 2.75) is 65.5 Å². The van der Waals surface area contributed by atoms with Crippen molar-refractivity contribution in [1.82, 2.24) is 10.3 Å². The van der Waals surface area contributed by atoms with Crippen LogP contribution in [0.5, 0.6) is 0 Å². The van der Waals surface area contributed by atoms with Crippen LogP contribution in [0, 0.1) is 0 Å². The lowest BCUT2D eigenvalue weighted by Gasteiger charge is -2.34. The molecule has 10 heteroatoms. The second-order valence-corrected chi connectivity index (χ2v) is 10.4. The first-order valence-electron chi connectivity index (χ1n) is 13.8. The number of ether oxygens (including phenoxy) is 1. The number of quaternary nitrogens is 1. The molecule has 40 heavy (non-hydrogen) atoms. The first kappa shape index (κ1) is 30.8. The van der Waals surface area contributed by atoms with Gasteiger partial charge in [-0.05, 0) is 38.8 Å². The van der Waals surface area contributed by atoms with E-state index in [1.165, 1.54) is 0 Å². The molecule has 3 rings (SSSR count). The lowest BCUT2D eigenvalue weighted by molar-refractivity contribution is -0.612. The van der Waals surface area contributed by atoms with E-state index >= 15 is 0 Å². The normalized spacial score (nSPS) is 15.0. The number of hydrogen-bond acceptors (Lipinski definition) is 7. The molecule has 2 aromatic rings. The third-order valence-electron chi connectivity index (χ3n) is 6.96. The summed E-state index contributed by atoms with van der Waals surface area (Å²) in [6, 6.07) is 15.2. The number of benzene rings is 2. The van der Waals surface area contributed by atoms with Crippen molar-refractivity contribution in [3.05, 3.63) is 65.2 Å². The summed E-state index contributed by atoms with van der Waals surface area (Å²) >= 11 is 0. The molecule has 1 aliphatic heterocycles. The molecular weight excluding hydrogens is 508 g/mol. The lowest BCUT2D eigenvalue weighted by atomic mass is 9.95. The summed E-state index contributed by atoms with van der Waals surface area (Å²) in [5.41, 5.74) is 10.5. The van der Waals surface area contributed by atoms with Crippen molar-refractivity contribution in [2.75, 3.05) is 24.7 Å². The number of hydrogen-bond donors (Lipinski definition) is 4. The quantitative estimate of drug-likeness (QED) is 0.179. The van der Waals surface area contributed by atoms with Gasteiger partial charge in [-0.25, -0.2) is 10.6 Å². The number of primary amides is 1. The van der Waals surface area contributed by atoms with Crippen molar-refractivity contribution in [3.63, 3.8) is 0 Å². The standard InChI is InChI=1S/C30H42N6O4/c1-5-25(37)34-20-40-30(3,4)17-18-36(32)29-23-13-9-10-14-24(23)35(27(39)16-15-26(38)33-6-2)19-21-11-7-8-12-22(21)28(29)31/h7-14H,5-6,15-20,31-32H2,1-4H3,(H,33,38)(H,34,37)/p+1/b29-28-. The van der Waals surface area contributed by atoms with E-state index in [1.54, 1.807) is 15.2 Å². The van der Waals surface area contributed by atoms with Gasteiger partial charge in [0.25, 0.3) is 0 Å². The van der Waals surface area contributed by atoms with Gasteiger partial charge in [-0.1, -0.05) is 49.4 Å². The summed E-state index contributed by atoms with van der Waals surface area (Å²) in [5, 5.41) is 5.92. The molecule has 10 nitrogen and oxygen atoms in total. The van der Waals surface area contributed by atoms with Gasteiger partial charge in [0.1, 0.15) is 0 Å². The van der Waals surface area contributed by atoms with E-state index in [0.717, 1.165) is 16.7 Å². The molecule has 0 unspecified atom stereocenters. The molecule has 0 aromatic heterocycles. The van der Waals surface area contributed by atoms with E-state index in [-0.39, 0.29) is 37.3 Å². The van der Waals surface area contributed by atoms with Crippen LogP contribution < -0.4 is 27.1 Å². The molecule has 0 saturated heterocycles. The Morgan fingerprint density at radius 1 is 1.05 bits per heavy atom. The fourth-order valence-electron chi connectivity index (χ4n) is 4.61. The van der Waals surface area contributed by atoms with E-state index in [0.29, 0.717) is 49.6 Å². The maximum absolute atomic E-state index is 13.5. The SMILES string of the molecule is CCNC(=O)CCC(=O)N1Cc2ccccc2/C(N)=C(/N(N)CCC(C)(C)OC[NH2+]C(=O)CC)c2ccccc21. The van der Waals surface area contributed by atoms with Crippen LogP contribution in [0.2, 0.25) is 0 Å². The molecule has 3 amide bonds. The number of para-hydroxylation sites is 1. The van der Waals surface area contributed by atoms with Gasteiger partial charge in [0.05, 0.1) is 35.6 Å². The highest BCUT2D eigenvalue weighted by atomic mass is 16.5. The predicted octanol–water partition coefficient (Wildman–Crippen LogP) is 2.05. The molecular formula is C30H43N6O4+. The van der Waals surface area contributed by atoms with Gasteiger partial charge in [-0.3, -0.25) is 14.9 Å². The van der Waals surface area contributed by atoms with E-state index in [1.807, 2.05) is 76.2 Å². The summed E-state index contributed by atoms with van der Waals surface area (Å²) in [4.78, 5) is 39.0. The second kappa shape index (κ2) is 14.1. The van der Waals surface area contributed by atoms with Gasteiger partial charge in [0.2, 0.25) is 11.8 Å². The zero-order valence-electron chi connectivity index (χ0n) is 24.0. The topological polar surface area (TPSA) is 148 Å². The average Bonchev–Trinajstić information content (AvgIpc) is 2.93. The molecule has 216 valence electrons. The minimum atomic E-state index is -0.544. The smallest absolute Gasteiger partial charge is 0.312 e. The van der Waals surface area contributed by atoms with E-state index in [2.05, 4.69) is 5.32 Å². The van der Waals surface area contributed by atoms with Crippen LogP contribution in [0.4, 0.5) is 5.69 Å². The first-order chi connectivity index (χ1) is 19.1. The number of nitrogens with one attached hydrogen (secondary N) is 1. The van der Waals surface area contributed by atoms with Gasteiger partial charge in [-0.2, -0.15) is 0 Å². The van der Waals surface area contributed by atoms with Crippen LogP contribution in [0.15, 0.2) is 48.5 Å². The predicted molar refractivity (Wildman–Crippen MR) is 156 cm³/mol. The van der Waals surface area contributed by atoms with Crippen molar-refractivity contribution >= 4 is 34.8 Å². The summed E-state index contributed by atoms with van der Waals surface area (Å²) in [5.74, 6) is 6.44. The summed E-state index contributed by atoms with van der Waals surface area (Å²) in [6.45, 7) is 9.06. The Balaban J connectivity index is 1.94. The third kappa shape index (κ3) is 7.91. The molecule has 1 aliphatic rings. The minimum absolute atomic E-state index is 0.0454. The Hall–Kier alpha value is -3.73. The van der Waals surface area contributed by atoms with Crippen LogP contribution in [-0.2, 0) is 25.7 Å². The van der Waals surface area contributed by atoms with E-state index in [4.69, 9.17) is 16.3 Å². The zero-order valence-corrected chi connectivity index (χ0v) is 24.0. The largest absolute Gasteiger partial charge is 0.396 e. The maximum Gasteiger partial charge on any atom is 0.312 e. The summed E-state index contributed by atoms with van der Waals surface area (Å²) in [6.07, 6.45) is 1.19. The monoisotopic (exact) mass is 551 g/mol. The van der Waals surface area contributed by atoms with Crippen LogP contribution in [0.3, 0.4) is 0 Å². The van der Waals surface area contributed by atoms with Crippen LogP contribution in [0.1, 0.15) is 70.1 Å². The highest BCUT2D eigenvalue weighted by molar-refractivity contribution is 6.01. The molecule has 1 heterocycles. The van der Waals surface area contributed by atoms with E-state index in [9.17, 15) is 14.4 Å². The Labute approximate surface area is 236 Å². The molecule has 0 aliphatic carbocycles. The zero-order chi connectivity index (χ0) is 29.3. The molecule has 0 spiro atoms. The number of nitrogens with two attached hydrogens (primary N) is 3. The van der Waals surface area contributed by atoms with Crippen LogP contribution in [-0.4, -0.2) is 48.2 Å². The number of anilines is 1. The molecule has 2 aromatic carbocycles. The number of rotatable bonds is 12. The van der Waals surface area contributed by atoms with Crippen molar-refractivity contribution in [1.29, 1.82) is 0 Å². The minimum Gasteiger partial charge on any atom is -0.396 e. The Morgan fingerprint density at radius 3 is 2.42 bits per heavy atom. The summed E-state index contributed by atoms with van der Waals surface area (Å²) < 4.78 is 5.96. The summed E-state index contributed by atoms with van der Waals surface area (Å²) in [7, 11) is 0. The average molecular weight is 552 g/mol. The van der Waals surface area contributed by atoms with Crippen molar-refractivity contribution < 1.29 is 24.4 Å². The third-order valence-corrected chi connectivity index (χ3v) is 6.96. The lowest BCUT2D eigenvalue weighted by Crippen LogP contribution is -2.88. The number of fused-ring (bicyclic) bond motifs is 2. The first-order valence-corrected chi connectivity index (χ1v) is 13.8. The number of hydrazine groups is 1. The fraction of sp³-hybridized carbons (Fsp3) is 0.433. The van der Waals surface area contributed by atoms with Gasteiger partial charge >= 0.3 is 5.91 Å². The highest BCUT2D eigenvalue weighted by Gasteiger charge is 2.29. The fourth-order valence-corrected chi connectivity index (χ4v) is 4.61. The second-order valence-electron chi connectivity index (χ2n) is 10.4. The number of nitrogens with zero attached hydrogens (tertiary/aromatic N) is 2. The molecule has 7 N–H and O–H groups in total. The highest BCUT2D eigenvalue weighted by Crippen LogP contribution is 2.37. The maximum atomic E-state index is 13.5.